The summed E-state index contributed by atoms with van der Waals surface area (Å²) >= 11 is 12.7. The fourth-order valence-corrected chi connectivity index (χ4v) is 4.59. The number of nitrogens with two attached hydrogens (primary N) is 1. The van der Waals surface area contributed by atoms with E-state index in [1.807, 2.05) is 0 Å². The highest BCUT2D eigenvalue weighted by molar-refractivity contribution is 7.14. The lowest BCUT2D eigenvalue weighted by atomic mass is 10.1. The van der Waals surface area contributed by atoms with E-state index in [1.165, 1.54) is 41.8 Å². The van der Waals surface area contributed by atoms with Gasteiger partial charge in [0.05, 0.1) is 21.7 Å². The van der Waals surface area contributed by atoms with Gasteiger partial charge in [-0.15, -0.1) is 11.3 Å². The van der Waals surface area contributed by atoms with E-state index >= 15 is 0 Å². The van der Waals surface area contributed by atoms with Gasteiger partial charge in [-0.1, -0.05) is 35.3 Å². The van der Waals surface area contributed by atoms with Crippen LogP contribution in [0.5, 0.6) is 0 Å². The minimum Gasteiger partial charge on any atom is -0.398 e. The van der Waals surface area contributed by atoms with E-state index in [1.54, 1.807) is 0 Å². The fourth-order valence-electron chi connectivity index (χ4n) is 3.41. The third-order valence-electron chi connectivity index (χ3n) is 5.21. The van der Waals surface area contributed by atoms with Gasteiger partial charge >= 0.3 is 6.18 Å². The molecule has 0 atom stereocenters. The second-order valence-corrected chi connectivity index (χ2v) is 9.40. The molecule has 2 amide bonds. The van der Waals surface area contributed by atoms with Crippen molar-refractivity contribution in [2.24, 2.45) is 0 Å². The molecule has 0 aliphatic rings. The Morgan fingerprint density at radius 2 is 1.61 bits per heavy atom. The molecule has 1 aromatic heterocycles. The SMILES string of the molecule is Nc1ccc(Cl)cc1C(=O)N(C(=O)c1cc(Cl)ccc1[N+](=O)[O-])c1nc(-c2cccc(C(F)(F)F)c2)cs1. The number of imide groups is 1. The molecule has 0 saturated heterocycles. The van der Waals surface area contributed by atoms with E-state index in [4.69, 9.17) is 28.9 Å². The predicted molar refractivity (Wildman–Crippen MR) is 138 cm³/mol. The number of nitro groups is 1. The minimum absolute atomic E-state index is 0.0163. The van der Waals surface area contributed by atoms with Crippen molar-refractivity contribution in [1.82, 2.24) is 4.98 Å². The molecular formula is C24H13Cl2F3N4O4S. The summed E-state index contributed by atoms with van der Waals surface area (Å²) in [6.45, 7) is 0. The summed E-state index contributed by atoms with van der Waals surface area (Å²) in [5, 5.41) is 12.8. The number of alkyl halides is 3. The van der Waals surface area contributed by atoms with Crippen molar-refractivity contribution in [2.75, 3.05) is 10.6 Å². The van der Waals surface area contributed by atoms with Gasteiger partial charge in [-0.2, -0.15) is 13.2 Å². The number of carbonyl (C=O) groups excluding carboxylic acids is 2. The molecule has 8 nitrogen and oxygen atoms in total. The van der Waals surface area contributed by atoms with Crippen LogP contribution in [-0.4, -0.2) is 21.7 Å². The molecule has 2 N–H and O–H groups in total. The Morgan fingerprint density at radius 1 is 0.974 bits per heavy atom. The van der Waals surface area contributed by atoms with Crippen LogP contribution in [-0.2, 0) is 6.18 Å². The molecule has 0 fully saturated rings. The van der Waals surface area contributed by atoms with Crippen LogP contribution < -0.4 is 10.6 Å². The number of carbonyl (C=O) groups is 2. The Balaban J connectivity index is 1.87. The van der Waals surface area contributed by atoms with Gasteiger partial charge in [-0.25, -0.2) is 9.88 Å². The van der Waals surface area contributed by atoms with E-state index in [0.717, 1.165) is 35.6 Å². The number of halogens is 5. The maximum atomic E-state index is 13.7. The van der Waals surface area contributed by atoms with Gasteiger partial charge in [0.1, 0.15) is 5.56 Å². The van der Waals surface area contributed by atoms with E-state index < -0.39 is 39.7 Å². The van der Waals surface area contributed by atoms with Crippen molar-refractivity contribution < 1.29 is 27.7 Å². The molecule has 0 unspecified atom stereocenters. The molecule has 0 bridgehead atoms. The zero-order valence-corrected chi connectivity index (χ0v) is 21.0. The maximum Gasteiger partial charge on any atom is 0.416 e. The number of nitrogens with zero attached hydrogens (tertiary/aromatic N) is 3. The second kappa shape index (κ2) is 10.4. The van der Waals surface area contributed by atoms with Crippen molar-refractivity contribution >= 4 is 62.9 Å². The zero-order valence-electron chi connectivity index (χ0n) is 18.7. The maximum absolute atomic E-state index is 13.7. The number of hydrogen-bond acceptors (Lipinski definition) is 7. The van der Waals surface area contributed by atoms with E-state index in [0.29, 0.717) is 4.90 Å². The van der Waals surface area contributed by atoms with E-state index in [9.17, 15) is 32.9 Å². The topological polar surface area (TPSA) is 119 Å². The molecule has 194 valence electrons. The normalized spacial score (nSPS) is 11.3. The number of aromatic nitrogens is 1. The highest BCUT2D eigenvalue weighted by Crippen LogP contribution is 2.35. The quantitative estimate of drug-likeness (QED) is 0.116. The number of rotatable bonds is 5. The lowest BCUT2D eigenvalue weighted by Gasteiger charge is -2.19. The third-order valence-corrected chi connectivity index (χ3v) is 6.50. The summed E-state index contributed by atoms with van der Waals surface area (Å²) < 4.78 is 39.6. The minimum atomic E-state index is -4.61. The van der Waals surface area contributed by atoms with Gasteiger partial charge in [0, 0.05) is 32.7 Å². The number of benzene rings is 3. The first-order valence-electron chi connectivity index (χ1n) is 10.4. The van der Waals surface area contributed by atoms with Crippen molar-refractivity contribution in [2.45, 2.75) is 6.18 Å². The number of hydrogen-bond donors (Lipinski definition) is 1. The summed E-state index contributed by atoms with van der Waals surface area (Å²) in [5.41, 5.74) is 3.70. The standard InChI is InChI=1S/C24H13Cl2F3N4O4S/c25-14-4-6-18(30)16(9-14)21(34)32(22(35)17-10-15(26)5-7-20(17)33(36)37)23-31-19(11-38-23)12-2-1-3-13(8-12)24(27,28)29/h1-11H,30H2. The molecular weight excluding hydrogens is 568 g/mol. The molecule has 0 spiro atoms. The summed E-state index contributed by atoms with van der Waals surface area (Å²) in [5.74, 6) is -2.18. The monoisotopic (exact) mass is 580 g/mol. The van der Waals surface area contributed by atoms with Crippen LogP contribution in [0.2, 0.25) is 10.0 Å². The van der Waals surface area contributed by atoms with Crippen molar-refractivity contribution in [1.29, 1.82) is 0 Å². The Labute approximate surface area is 226 Å². The number of amides is 2. The molecule has 0 radical (unpaired) electrons. The molecule has 0 aliphatic heterocycles. The van der Waals surface area contributed by atoms with Gasteiger partial charge in [0.2, 0.25) is 0 Å². The van der Waals surface area contributed by atoms with Gasteiger partial charge in [0.25, 0.3) is 17.5 Å². The smallest absolute Gasteiger partial charge is 0.398 e. The first-order chi connectivity index (χ1) is 17.9. The number of thiazole rings is 1. The molecule has 0 aliphatic carbocycles. The number of nitrogen functional groups attached to an aromatic ring is 1. The van der Waals surface area contributed by atoms with Crippen LogP contribution in [0, 0.1) is 10.1 Å². The largest absolute Gasteiger partial charge is 0.416 e. The molecule has 1 heterocycles. The summed E-state index contributed by atoms with van der Waals surface area (Å²) in [7, 11) is 0. The lowest BCUT2D eigenvalue weighted by molar-refractivity contribution is -0.385. The number of nitro benzene ring substituents is 1. The van der Waals surface area contributed by atoms with Crippen molar-refractivity contribution in [3.63, 3.8) is 0 Å². The molecule has 0 saturated carbocycles. The Hall–Kier alpha value is -4.00. The summed E-state index contributed by atoms with van der Waals surface area (Å²) in [6.07, 6.45) is -4.61. The average Bonchev–Trinajstić information content (AvgIpc) is 3.34. The summed E-state index contributed by atoms with van der Waals surface area (Å²) in [6, 6.07) is 11.5. The second-order valence-electron chi connectivity index (χ2n) is 7.69. The summed E-state index contributed by atoms with van der Waals surface area (Å²) in [4.78, 5) is 42.8. The first kappa shape index (κ1) is 27.0. The van der Waals surface area contributed by atoms with Crippen LogP contribution in [0.15, 0.2) is 66.0 Å². The van der Waals surface area contributed by atoms with Gasteiger partial charge < -0.3 is 5.73 Å². The Morgan fingerprint density at radius 3 is 2.26 bits per heavy atom. The number of anilines is 2. The van der Waals surface area contributed by atoms with Gasteiger partial charge in [-0.05, 0) is 42.5 Å². The van der Waals surface area contributed by atoms with E-state index in [-0.39, 0.29) is 37.7 Å². The van der Waals surface area contributed by atoms with Gasteiger partial charge in [0.15, 0.2) is 5.13 Å². The molecule has 14 heteroatoms. The fraction of sp³-hybridized carbons (Fsp3) is 0.0417. The van der Waals surface area contributed by atoms with E-state index in [2.05, 4.69) is 4.98 Å². The Bertz CT molecular complexity index is 1590. The predicted octanol–water partition coefficient (Wildman–Crippen LogP) is 7.11. The first-order valence-corrected chi connectivity index (χ1v) is 12.0. The average molecular weight is 581 g/mol. The van der Waals surface area contributed by atoms with Gasteiger partial charge in [-0.3, -0.25) is 19.7 Å². The highest BCUT2D eigenvalue weighted by Gasteiger charge is 2.34. The van der Waals surface area contributed by atoms with Crippen LogP contribution in [0.25, 0.3) is 11.3 Å². The molecule has 38 heavy (non-hydrogen) atoms. The highest BCUT2D eigenvalue weighted by atomic mass is 35.5. The molecule has 4 aromatic rings. The van der Waals surface area contributed by atoms with Crippen molar-refractivity contribution in [3.8, 4) is 11.3 Å². The van der Waals surface area contributed by atoms with Crippen molar-refractivity contribution in [3.05, 3.63) is 103 Å². The zero-order chi connectivity index (χ0) is 27.8. The lowest BCUT2D eigenvalue weighted by Crippen LogP contribution is -2.37. The molecule has 4 rings (SSSR count). The van der Waals surface area contributed by atoms with Crippen LogP contribution in [0.1, 0.15) is 26.3 Å². The Kier molecular flexibility index (Phi) is 7.40. The van der Waals surface area contributed by atoms with Crippen LogP contribution in [0.3, 0.4) is 0 Å². The van der Waals surface area contributed by atoms with Crippen LogP contribution in [0.4, 0.5) is 29.7 Å². The molecule has 3 aromatic carbocycles. The van der Waals surface area contributed by atoms with Crippen LogP contribution >= 0.6 is 34.5 Å². The third kappa shape index (κ3) is 5.47.